The molecule has 0 aliphatic heterocycles. The molecule has 0 aromatic heterocycles. The Bertz CT molecular complexity index is 339. The predicted octanol–water partition coefficient (Wildman–Crippen LogP) is 0.455. The van der Waals surface area contributed by atoms with Crippen LogP contribution in [0.1, 0.15) is 26.7 Å². The van der Waals surface area contributed by atoms with E-state index in [1.807, 2.05) is 0 Å². The van der Waals surface area contributed by atoms with Gasteiger partial charge in [0.05, 0.1) is 12.7 Å². The highest BCUT2D eigenvalue weighted by molar-refractivity contribution is 7.88. The summed E-state index contributed by atoms with van der Waals surface area (Å²) in [6.45, 7) is 7.24. The van der Waals surface area contributed by atoms with Crippen molar-refractivity contribution in [1.82, 2.24) is 9.21 Å². The summed E-state index contributed by atoms with van der Waals surface area (Å²) in [5.74, 6) is -0.979. The zero-order chi connectivity index (χ0) is 14.2. The molecule has 0 bridgehead atoms. The quantitative estimate of drug-likeness (QED) is 0.629. The van der Waals surface area contributed by atoms with Crippen LogP contribution in [-0.2, 0) is 14.8 Å². The summed E-state index contributed by atoms with van der Waals surface area (Å²) in [7, 11) is -3.32. The zero-order valence-electron chi connectivity index (χ0n) is 11.4. The maximum Gasteiger partial charge on any atom is 0.304 e. The number of hydrogen-bond donors (Lipinski definition) is 1. The molecule has 0 unspecified atom stereocenters. The van der Waals surface area contributed by atoms with Crippen LogP contribution in [0.15, 0.2) is 0 Å². The average Bonchev–Trinajstić information content (AvgIpc) is 2.26. The Labute approximate surface area is 110 Å². The molecule has 0 aromatic carbocycles. The Hall–Kier alpha value is -0.660. The highest BCUT2D eigenvalue weighted by Crippen LogP contribution is 2.02. The summed E-state index contributed by atoms with van der Waals surface area (Å²) >= 11 is 0. The lowest BCUT2D eigenvalue weighted by atomic mass is 10.3. The van der Waals surface area contributed by atoms with Crippen molar-refractivity contribution in [2.75, 3.05) is 39.0 Å². The fourth-order valence-electron chi connectivity index (χ4n) is 1.67. The van der Waals surface area contributed by atoms with Crippen molar-refractivity contribution in [3.63, 3.8) is 0 Å². The van der Waals surface area contributed by atoms with Gasteiger partial charge in [0, 0.05) is 13.1 Å². The van der Waals surface area contributed by atoms with Crippen LogP contribution in [0.2, 0.25) is 0 Å². The van der Waals surface area contributed by atoms with E-state index in [-0.39, 0.29) is 13.0 Å². The number of carbonyl (C=O) groups is 1. The summed E-state index contributed by atoms with van der Waals surface area (Å²) in [4.78, 5) is 12.7. The van der Waals surface area contributed by atoms with E-state index in [2.05, 4.69) is 18.7 Å². The van der Waals surface area contributed by atoms with Gasteiger partial charge < -0.3 is 10.0 Å². The first-order valence-corrected chi connectivity index (χ1v) is 8.05. The zero-order valence-corrected chi connectivity index (χ0v) is 12.2. The standard InChI is InChI=1S/C11H24N2O4S/c1-4-12(5-2)8-6-9-13(18(3,16)17)10-7-11(14)15/h4-10H2,1-3H3,(H,14,15). The van der Waals surface area contributed by atoms with Crippen molar-refractivity contribution in [2.45, 2.75) is 26.7 Å². The summed E-state index contributed by atoms with van der Waals surface area (Å²) in [5, 5.41) is 8.59. The van der Waals surface area contributed by atoms with Crippen LogP contribution in [0.4, 0.5) is 0 Å². The molecule has 0 amide bonds. The fraction of sp³-hybridized carbons (Fsp3) is 0.909. The normalized spacial score (nSPS) is 12.3. The number of aliphatic carboxylic acids is 1. The average molecular weight is 280 g/mol. The molecule has 108 valence electrons. The van der Waals surface area contributed by atoms with Crippen LogP contribution in [0.25, 0.3) is 0 Å². The predicted molar refractivity (Wildman–Crippen MR) is 71.1 cm³/mol. The molecule has 0 spiro atoms. The van der Waals surface area contributed by atoms with Crippen LogP contribution >= 0.6 is 0 Å². The highest BCUT2D eigenvalue weighted by atomic mass is 32.2. The molecule has 0 rings (SSSR count). The number of rotatable bonds is 10. The third-order valence-corrected chi connectivity index (χ3v) is 4.12. The molecule has 7 heteroatoms. The maximum atomic E-state index is 11.5. The Morgan fingerprint density at radius 1 is 1.11 bits per heavy atom. The van der Waals surface area contributed by atoms with Crippen molar-refractivity contribution >= 4 is 16.0 Å². The Morgan fingerprint density at radius 3 is 2.06 bits per heavy atom. The van der Waals surface area contributed by atoms with Crippen molar-refractivity contribution < 1.29 is 18.3 Å². The fourth-order valence-corrected chi connectivity index (χ4v) is 2.56. The number of sulfonamides is 1. The van der Waals surface area contributed by atoms with E-state index in [1.165, 1.54) is 4.31 Å². The van der Waals surface area contributed by atoms with Crippen molar-refractivity contribution in [2.24, 2.45) is 0 Å². The minimum atomic E-state index is -3.32. The maximum absolute atomic E-state index is 11.5. The summed E-state index contributed by atoms with van der Waals surface area (Å²) in [6.07, 6.45) is 1.68. The molecule has 6 nitrogen and oxygen atoms in total. The lowest BCUT2D eigenvalue weighted by molar-refractivity contribution is -0.137. The lowest BCUT2D eigenvalue weighted by Gasteiger charge is -2.22. The van der Waals surface area contributed by atoms with Gasteiger partial charge in [-0.1, -0.05) is 13.8 Å². The van der Waals surface area contributed by atoms with E-state index in [1.54, 1.807) is 0 Å². The topological polar surface area (TPSA) is 77.9 Å². The summed E-state index contributed by atoms with van der Waals surface area (Å²) in [5.41, 5.74) is 0. The molecule has 0 aromatic rings. The molecule has 0 atom stereocenters. The van der Waals surface area contributed by atoms with Gasteiger partial charge in [0.1, 0.15) is 0 Å². The second-order valence-corrected chi connectivity index (χ2v) is 6.17. The first-order valence-electron chi connectivity index (χ1n) is 6.20. The molecule has 18 heavy (non-hydrogen) atoms. The molecular weight excluding hydrogens is 256 g/mol. The minimum Gasteiger partial charge on any atom is -0.481 e. The van der Waals surface area contributed by atoms with E-state index in [4.69, 9.17) is 5.11 Å². The second kappa shape index (κ2) is 8.44. The van der Waals surface area contributed by atoms with E-state index in [0.29, 0.717) is 13.0 Å². The van der Waals surface area contributed by atoms with Gasteiger partial charge in [0.25, 0.3) is 0 Å². The van der Waals surface area contributed by atoms with Crippen molar-refractivity contribution in [1.29, 1.82) is 0 Å². The van der Waals surface area contributed by atoms with Crippen molar-refractivity contribution in [3.05, 3.63) is 0 Å². The van der Waals surface area contributed by atoms with E-state index in [9.17, 15) is 13.2 Å². The number of carboxylic acids is 1. The molecular formula is C11H24N2O4S. The van der Waals surface area contributed by atoms with Crippen LogP contribution in [0.3, 0.4) is 0 Å². The Balaban J connectivity index is 4.22. The van der Waals surface area contributed by atoms with Crippen LogP contribution < -0.4 is 0 Å². The molecule has 0 aliphatic rings. The van der Waals surface area contributed by atoms with E-state index in [0.717, 1.165) is 25.9 Å². The molecule has 0 fully saturated rings. The highest BCUT2D eigenvalue weighted by Gasteiger charge is 2.17. The third kappa shape index (κ3) is 7.62. The third-order valence-electron chi connectivity index (χ3n) is 2.82. The Kier molecular flexibility index (Phi) is 8.13. The van der Waals surface area contributed by atoms with E-state index < -0.39 is 16.0 Å². The van der Waals surface area contributed by atoms with Gasteiger partial charge in [-0.15, -0.1) is 0 Å². The number of nitrogens with zero attached hydrogens (tertiary/aromatic N) is 2. The molecule has 0 radical (unpaired) electrons. The molecule has 1 N–H and O–H groups in total. The van der Waals surface area contributed by atoms with Gasteiger partial charge in [-0.05, 0) is 26.1 Å². The minimum absolute atomic E-state index is 0.0480. The number of carboxylic acid groups (broad SMARTS) is 1. The largest absolute Gasteiger partial charge is 0.481 e. The molecule has 0 saturated heterocycles. The van der Waals surface area contributed by atoms with Crippen LogP contribution in [0, 0.1) is 0 Å². The van der Waals surface area contributed by atoms with Crippen LogP contribution in [-0.4, -0.2) is 67.7 Å². The first-order chi connectivity index (χ1) is 8.31. The summed E-state index contributed by atoms with van der Waals surface area (Å²) < 4.78 is 24.2. The van der Waals surface area contributed by atoms with E-state index >= 15 is 0 Å². The molecule has 0 saturated carbocycles. The summed E-state index contributed by atoms with van der Waals surface area (Å²) in [6, 6.07) is 0. The molecule has 0 heterocycles. The monoisotopic (exact) mass is 280 g/mol. The van der Waals surface area contributed by atoms with Gasteiger partial charge in [0.15, 0.2) is 0 Å². The smallest absolute Gasteiger partial charge is 0.304 e. The second-order valence-electron chi connectivity index (χ2n) is 4.19. The molecule has 0 aliphatic carbocycles. The van der Waals surface area contributed by atoms with Gasteiger partial charge in [-0.25, -0.2) is 12.7 Å². The SMILES string of the molecule is CCN(CC)CCCN(CCC(=O)O)S(C)(=O)=O. The lowest BCUT2D eigenvalue weighted by Crippen LogP contribution is -2.35. The first kappa shape index (κ1) is 17.3. The van der Waals surface area contributed by atoms with Crippen LogP contribution in [0.5, 0.6) is 0 Å². The van der Waals surface area contributed by atoms with Gasteiger partial charge in [-0.3, -0.25) is 4.79 Å². The van der Waals surface area contributed by atoms with Gasteiger partial charge in [-0.2, -0.15) is 0 Å². The Morgan fingerprint density at radius 2 is 1.67 bits per heavy atom. The number of hydrogen-bond acceptors (Lipinski definition) is 4. The van der Waals surface area contributed by atoms with Gasteiger partial charge in [0.2, 0.25) is 10.0 Å². The van der Waals surface area contributed by atoms with Crippen molar-refractivity contribution in [3.8, 4) is 0 Å². The van der Waals surface area contributed by atoms with Gasteiger partial charge >= 0.3 is 5.97 Å².